The smallest absolute Gasteiger partial charge is 0.340 e. The molecule has 0 spiro atoms. The second-order valence-corrected chi connectivity index (χ2v) is 5.11. The monoisotopic (exact) mass is 352 g/mol. The van der Waals surface area contributed by atoms with Crippen molar-refractivity contribution in [2.75, 3.05) is 39.2 Å². The maximum Gasteiger partial charge on any atom is 0.340 e. The second kappa shape index (κ2) is 7.75. The van der Waals surface area contributed by atoms with Crippen molar-refractivity contribution in [3.05, 3.63) is 40.8 Å². The number of hydrogen-bond acceptors (Lipinski definition) is 7. The van der Waals surface area contributed by atoms with Crippen molar-refractivity contribution < 1.29 is 33.4 Å². The summed E-state index contributed by atoms with van der Waals surface area (Å²) in [4.78, 5) is 36.9. The van der Waals surface area contributed by atoms with Gasteiger partial charge in [-0.1, -0.05) is 0 Å². The van der Waals surface area contributed by atoms with Crippen molar-refractivity contribution in [2.45, 2.75) is 0 Å². The number of nitrogens with one attached hydrogen (secondary N) is 1. The van der Waals surface area contributed by atoms with Crippen molar-refractivity contribution in [2.24, 2.45) is 0 Å². The molecule has 0 saturated heterocycles. The zero-order valence-electron chi connectivity index (χ0n) is 13.7. The molecule has 1 aromatic carbocycles. The summed E-state index contributed by atoms with van der Waals surface area (Å²) < 4.78 is 23.1. The molecule has 0 atom stereocenters. The van der Waals surface area contributed by atoms with Gasteiger partial charge in [0.1, 0.15) is 11.5 Å². The molecule has 1 aliphatic heterocycles. The number of anilines is 1. The van der Waals surface area contributed by atoms with E-state index < -0.39 is 23.7 Å². The Morgan fingerprint density at radius 1 is 1.28 bits per heavy atom. The summed E-state index contributed by atoms with van der Waals surface area (Å²) >= 11 is 0. The fourth-order valence-electron chi connectivity index (χ4n) is 2.36. The molecule has 0 bridgehead atoms. The minimum absolute atomic E-state index is 0.0306. The van der Waals surface area contributed by atoms with Gasteiger partial charge in [0.15, 0.2) is 0 Å². The van der Waals surface area contributed by atoms with E-state index in [9.17, 15) is 18.8 Å². The molecule has 9 heteroatoms. The number of benzene rings is 1. The fraction of sp³-hybridized carbons (Fsp3) is 0.312. The highest BCUT2D eigenvalue weighted by Crippen LogP contribution is 2.24. The van der Waals surface area contributed by atoms with E-state index in [4.69, 9.17) is 5.11 Å². The highest BCUT2D eigenvalue weighted by molar-refractivity contribution is 6.08. The third kappa shape index (κ3) is 3.77. The number of aliphatic hydroxyl groups excluding tert-OH is 1. The maximum atomic E-state index is 14.0. The summed E-state index contributed by atoms with van der Waals surface area (Å²) in [6, 6.07) is 3.59. The van der Waals surface area contributed by atoms with Gasteiger partial charge < -0.3 is 24.8 Å². The molecule has 2 N–H and O–H groups in total. The molecule has 8 nitrogen and oxygen atoms in total. The number of methoxy groups -OCH3 is 2. The first kappa shape index (κ1) is 18.4. The van der Waals surface area contributed by atoms with Crippen LogP contribution in [0.4, 0.5) is 10.1 Å². The number of halogens is 1. The molecule has 1 heterocycles. The first-order valence-electron chi connectivity index (χ1n) is 7.29. The third-order valence-electron chi connectivity index (χ3n) is 3.60. The molecule has 0 aromatic heterocycles. The van der Waals surface area contributed by atoms with Crippen LogP contribution in [0.2, 0.25) is 0 Å². The molecule has 1 aliphatic rings. The van der Waals surface area contributed by atoms with Gasteiger partial charge >= 0.3 is 11.9 Å². The Kier molecular flexibility index (Phi) is 5.71. The highest BCUT2D eigenvalue weighted by atomic mass is 19.1. The lowest BCUT2D eigenvalue weighted by atomic mass is 10.1. The standard InChI is InChI=1S/C16H17FN2O6/c1-24-15(22)10-4-3-9(7-12(10)17)18-13-11(16(23)25-2)8-19(5-6-20)14(13)21/h3-4,7,18,20H,5-6,8H2,1-2H3. The first-order valence-corrected chi connectivity index (χ1v) is 7.29. The number of hydrogen-bond donors (Lipinski definition) is 2. The topological polar surface area (TPSA) is 105 Å². The minimum Gasteiger partial charge on any atom is -0.466 e. The SMILES string of the molecule is COC(=O)C1=C(Nc2ccc(C(=O)OC)c(F)c2)C(=O)N(CCO)C1. The van der Waals surface area contributed by atoms with Crippen LogP contribution in [-0.4, -0.2) is 61.8 Å². The van der Waals surface area contributed by atoms with Gasteiger partial charge in [0.25, 0.3) is 5.91 Å². The lowest BCUT2D eigenvalue weighted by Crippen LogP contribution is -2.31. The van der Waals surface area contributed by atoms with E-state index in [1.54, 1.807) is 0 Å². The molecule has 1 amide bonds. The molecular weight excluding hydrogens is 335 g/mol. The fourth-order valence-corrected chi connectivity index (χ4v) is 2.36. The first-order chi connectivity index (χ1) is 11.9. The summed E-state index contributed by atoms with van der Waals surface area (Å²) in [5.41, 5.74) is -0.0837. The number of ether oxygens (including phenoxy) is 2. The lowest BCUT2D eigenvalue weighted by molar-refractivity contribution is -0.136. The molecule has 0 fully saturated rings. The summed E-state index contributed by atoms with van der Waals surface area (Å²) in [5, 5.41) is 11.7. The van der Waals surface area contributed by atoms with Gasteiger partial charge in [-0.25, -0.2) is 14.0 Å². The molecule has 0 saturated carbocycles. The summed E-state index contributed by atoms with van der Waals surface area (Å²) in [6.45, 7) is -0.257. The zero-order chi connectivity index (χ0) is 18.6. The minimum atomic E-state index is -0.838. The average Bonchev–Trinajstić information content (AvgIpc) is 2.90. The van der Waals surface area contributed by atoms with Crippen molar-refractivity contribution in [1.82, 2.24) is 4.90 Å². The van der Waals surface area contributed by atoms with Crippen molar-refractivity contribution in [3.63, 3.8) is 0 Å². The second-order valence-electron chi connectivity index (χ2n) is 5.11. The summed E-state index contributed by atoms with van der Waals surface area (Å²) in [6.07, 6.45) is 0. The van der Waals surface area contributed by atoms with E-state index in [1.807, 2.05) is 0 Å². The Balaban J connectivity index is 2.32. The van der Waals surface area contributed by atoms with Gasteiger partial charge in [-0.15, -0.1) is 0 Å². The van der Waals surface area contributed by atoms with Crippen molar-refractivity contribution in [1.29, 1.82) is 0 Å². The van der Waals surface area contributed by atoms with Crippen molar-refractivity contribution >= 4 is 23.5 Å². The third-order valence-corrected chi connectivity index (χ3v) is 3.60. The van der Waals surface area contributed by atoms with Crippen LogP contribution in [0.1, 0.15) is 10.4 Å². The van der Waals surface area contributed by atoms with E-state index in [-0.39, 0.29) is 42.2 Å². The largest absolute Gasteiger partial charge is 0.466 e. The lowest BCUT2D eigenvalue weighted by Gasteiger charge is -2.15. The number of amides is 1. The Bertz CT molecular complexity index is 746. The van der Waals surface area contributed by atoms with E-state index in [2.05, 4.69) is 14.8 Å². The number of rotatable bonds is 6. The van der Waals surface area contributed by atoms with E-state index in [0.29, 0.717) is 0 Å². The van der Waals surface area contributed by atoms with Crippen LogP contribution in [0.3, 0.4) is 0 Å². The van der Waals surface area contributed by atoms with Crippen molar-refractivity contribution in [3.8, 4) is 0 Å². The van der Waals surface area contributed by atoms with Gasteiger partial charge in [0, 0.05) is 12.2 Å². The Morgan fingerprint density at radius 2 is 1.96 bits per heavy atom. The molecule has 0 unspecified atom stereocenters. The van der Waals surface area contributed by atoms with Gasteiger partial charge in [-0.2, -0.15) is 0 Å². The average molecular weight is 352 g/mol. The predicted molar refractivity (Wildman–Crippen MR) is 84.1 cm³/mol. The number of nitrogens with zero attached hydrogens (tertiary/aromatic N) is 1. The highest BCUT2D eigenvalue weighted by Gasteiger charge is 2.34. The number of carbonyl (C=O) groups excluding carboxylic acids is 3. The number of carbonyl (C=O) groups is 3. The number of β-amino-alcohol motifs (C(OH)–C–C–N with tert-alkyl or cyclic N) is 1. The Morgan fingerprint density at radius 3 is 2.52 bits per heavy atom. The molecule has 0 aliphatic carbocycles. The Hall–Kier alpha value is -2.94. The van der Waals surface area contributed by atoms with Crippen LogP contribution < -0.4 is 5.32 Å². The van der Waals surface area contributed by atoms with Crippen LogP contribution in [0.5, 0.6) is 0 Å². The predicted octanol–water partition coefficient (Wildman–Crippen LogP) is 0.286. The number of aliphatic hydroxyl groups is 1. The van der Waals surface area contributed by atoms with Crippen LogP contribution in [-0.2, 0) is 19.1 Å². The van der Waals surface area contributed by atoms with Gasteiger partial charge in [0.2, 0.25) is 0 Å². The molecule has 0 radical (unpaired) electrons. The van der Waals surface area contributed by atoms with E-state index in [0.717, 1.165) is 13.2 Å². The van der Waals surface area contributed by atoms with Crippen LogP contribution in [0, 0.1) is 5.82 Å². The van der Waals surface area contributed by atoms with Gasteiger partial charge in [-0.3, -0.25) is 4.79 Å². The van der Waals surface area contributed by atoms with E-state index >= 15 is 0 Å². The summed E-state index contributed by atoms with van der Waals surface area (Å²) in [5.74, 6) is -2.89. The Labute approximate surface area is 142 Å². The normalized spacial score (nSPS) is 13.9. The molecular formula is C16H17FN2O6. The molecule has 1 aromatic rings. The molecule has 2 rings (SSSR count). The molecule has 134 valence electrons. The van der Waals surface area contributed by atoms with Crippen LogP contribution in [0.25, 0.3) is 0 Å². The van der Waals surface area contributed by atoms with Crippen LogP contribution >= 0.6 is 0 Å². The van der Waals surface area contributed by atoms with E-state index in [1.165, 1.54) is 24.1 Å². The maximum absolute atomic E-state index is 14.0. The van der Waals surface area contributed by atoms with Gasteiger partial charge in [0.05, 0.1) is 38.5 Å². The van der Waals surface area contributed by atoms with Crippen LogP contribution in [0.15, 0.2) is 29.5 Å². The zero-order valence-corrected chi connectivity index (χ0v) is 13.7. The molecule has 25 heavy (non-hydrogen) atoms. The quantitative estimate of drug-likeness (QED) is 0.709. The number of esters is 2. The van der Waals surface area contributed by atoms with Gasteiger partial charge in [-0.05, 0) is 18.2 Å². The summed E-state index contributed by atoms with van der Waals surface area (Å²) in [7, 11) is 2.31.